The van der Waals surface area contributed by atoms with Crippen molar-refractivity contribution < 1.29 is 0 Å². The Hall–Kier alpha value is -0.0131. The predicted octanol–water partition coefficient (Wildman–Crippen LogP) is 4.19. The third-order valence-corrected chi connectivity index (χ3v) is 6.52. The predicted molar refractivity (Wildman–Crippen MR) is 67.4 cm³/mol. The Morgan fingerprint density at radius 1 is 1.00 bits per heavy atom. The first kappa shape index (κ1) is 12.1. The van der Waals surface area contributed by atoms with E-state index >= 15 is 0 Å². The van der Waals surface area contributed by atoms with Crippen molar-refractivity contribution in [1.82, 2.24) is 0 Å². The molecule has 1 unspecified atom stereocenters. The van der Waals surface area contributed by atoms with Crippen LogP contribution in [0.15, 0.2) is 22.3 Å². The molecule has 79 valence electrons. The zero-order chi connectivity index (χ0) is 11.0. The summed E-state index contributed by atoms with van der Waals surface area (Å²) in [7, 11) is -0.410. The summed E-state index contributed by atoms with van der Waals surface area (Å²) in [6.07, 6.45) is 0. The Morgan fingerprint density at radius 2 is 1.36 bits per heavy atom. The van der Waals surface area contributed by atoms with Crippen molar-refractivity contribution in [3.8, 4) is 0 Å². The van der Waals surface area contributed by atoms with E-state index in [9.17, 15) is 0 Å². The molecule has 0 amide bonds. The summed E-state index contributed by atoms with van der Waals surface area (Å²) < 4.78 is 0. The third kappa shape index (κ3) is 1.85. The molecule has 0 heterocycles. The van der Waals surface area contributed by atoms with Crippen LogP contribution >= 0.6 is 11.6 Å². The number of hydrogen-bond acceptors (Lipinski definition) is 0. The topological polar surface area (TPSA) is 0 Å². The second kappa shape index (κ2) is 4.24. The monoisotopic (exact) mass is 227 g/mol. The van der Waals surface area contributed by atoms with Crippen LogP contribution in [0.1, 0.15) is 27.7 Å². The summed E-state index contributed by atoms with van der Waals surface area (Å²) in [4.78, 5) is 0. The van der Waals surface area contributed by atoms with Crippen LogP contribution in [-0.4, -0.2) is 13.8 Å². The van der Waals surface area contributed by atoms with Crippen LogP contribution in [0, 0.1) is 5.92 Å². The van der Waals surface area contributed by atoms with Crippen molar-refractivity contribution in [2.75, 3.05) is 0 Å². The van der Waals surface area contributed by atoms with Crippen LogP contribution in [0.5, 0.6) is 0 Å². The highest BCUT2D eigenvalue weighted by Crippen LogP contribution is 2.40. The van der Waals surface area contributed by atoms with Gasteiger partial charge < -0.3 is 0 Å². The van der Waals surface area contributed by atoms with Gasteiger partial charge in [-0.1, -0.05) is 24.2 Å². The fourth-order valence-corrected chi connectivity index (χ4v) is 3.70. The smallest absolute Gasteiger partial charge is 0.0648 e. The van der Waals surface area contributed by atoms with Crippen molar-refractivity contribution in [2.24, 2.45) is 5.92 Å². The van der Waals surface area contributed by atoms with Crippen LogP contribution in [0.4, 0.5) is 0 Å². The second-order valence-corrected chi connectivity index (χ2v) is 8.19. The molecule has 0 aromatic heterocycles. The highest BCUT2D eigenvalue weighted by Gasteiger charge is 2.32. The molecule has 1 radical (unpaired) electrons. The van der Waals surface area contributed by atoms with Crippen LogP contribution in [0.25, 0.3) is 0 Å². The SMILES string of the molecule is CC1=C(C)C(C(Cl)[Si](C)C)C(C)=C1C. The van der Waals surface area contributed by atoms with Gasteiger partial charge in [-0.15, -0.1) is 11.6 Å². The fourth-order valence-electron chi connectivity index (χ4n) is 2.16. The number of rotatable bonds is 2. The van der Waals surface area contributed by atoms with Gasteiger partial charge in [-0.2, -0.15) is 0 Å². The highest BCUT2D eigenvalue weighted by atomic mass is 35.5. The average molecular weight is 228 g/mol. The van der Waals surface area contributed by atoms with E-state index in [0.29, 0.717) is 10.9 Å². The molecule has 1 atom stereocenters. The molecular formula is C12H20ClSi. The molecule has 0 nitrogen and oxygen atoms in total. The summed E-state index contributed by atoms with van der Waals surface area (Å²) in [6.45, 7) is 13.5. The van der Waals surface area contributed by atoms with Crippen molar-refractivity contribution in [1.29, 1.82) is 0 Å². The molecule has 1 rings (SSSR count). The Labute approximate surface area is 94.6 Å². The summed E-state index contributed by atoms with van der Waals surface area (Å²) in [6, 6.07) is 0. The Bertz CT molecular complexity index is 275. The second-order valence-electron chi connectivity index (χ2n) is 4.57. The van der Waals surface area contributed by atoms with Gasteiger partial charge in [0, 0.05) is 10.9 Å². The van der Waals surface area contributed by atoms with Crippen molar-refractivity contribution in [3.63, 3.8) is 0 Å². The lowest BCUT2D eigenvalue weighted by molar-refractivity contribution is 0.773. The number of alkyl halides is 1. The number of allylic oxidation sites excluding steroid dienone is 4. The van der Waals surface area contributed by atoms with Crippen molar-refractivity contribution >= 4 is 20.4 Å². The molecule has 0 aromatic carbocycles. The molecule has 0 fully saturated rings. The van der Waals surface area contributed by atoms with E-state index in [1.807, 2.05) is 0 Å². The Morgan fingerprint density at radius 3 is 1.64 bits per heavy atom. The van der Waals surface area contributed by atoms with Crippen LogP contribution in [0.2, 0.25) is 13.1 Å². The summed E-state index contributed by atoms with van der Waals surface area (Å²) in [5.41, 5.74) is 5.90. The van der Waals surface area contributed by atoms with Gasteiger partial charge in [0.15, 0.2) is 0 Å². The number of halogens is 1. The van der Waals surface area contributed by atoms with Gasteiger partial charge in [0.1, 0.15) is 0 Å². The van der Waals surface area contributed by atoms with Gasteiger partial charge in [-0.3, -0.25) is 0 Å². The van der Waals surface area contributed by atoms with Gasteiger partial charge in [0.05, 0.1) is 8.80 Å². The molecule has 0 spiro atoms. The maximum absolute atomic E-state index is 6.52. The summed E-state index contributed by atoms with van der Waals surface area (Å²) >= 11 is 6.52. The van der Waals surface area contributed by atoms with Gasteiger partial charge >= 0.3 is 0 Å². The number of hydrogen-bond donors (Lipinski definition) is 0. The molecule has 0 bridgehead atoms. The molecular weight excluding hydrogens is 208 g/mol. The molecule has 1 aliphatic rings. The maximum atomic E-state index is 6.52. The minimum Gasteiger partial charge on any atom is -0.126 e. The lowest BCUT2D eigenvalue weighted by Crippen LogP contribution is -2.28. The lowest BCUT2D eigenvalue weighted by atomic mass is 9.99. The average Bonchev–Trinajstić information content (AvgIpc) is 2.30. The standard InChI is InChI=1S/C12H20ClSi/c1-7-8(2)10(4)11(9(7)3)12(13)14(5)6/h11-12H,1-6H3. The molecule has 2 heteroatoms. The zero-order valence-corrected chi connectivity index (χ0v) is 11.8. The van der Waals surface area contributed by atoms with Crippen LogP contribution in [0.3, 0.4) is 0 Å². The van der Waals surface area contributed by atoms with Gasteiger partial charge in [0.25, 0.3) is 0 Å². The molecule has 0 N–H and O–H groups in total. The van der Waals surface area contributed by atoms with E-state index in [0.717, 1.165) is 0 Å². The summed E-state index contributed by atoms with van der Waals surface area (Å²) in [5.74, 6) is 0.514. The van der Waals surface area contributed by atoms with Gasteiger partial charge in [0.2, 0.25) is 0 Å². The molecule has 0 saturated carbocycles. The zero-order valence-electron chi connectivity index (χ0n) is 10.0. The van der Waals surface area contributed by atoms with E-state index in [1.165, 1.54) is 22.3 Å². The molecule has 14 heavy (non-hydrogen) atoms. The highest BCUT2D eigenvalue weighted by molar-refractivity contribution is 6.67. The van der Waals surface area contributed by atoms with E-state index in [4.69, 9.17) is 11.6 Å². The fraction of sp³-hybridized carbons (Fsp3) is 0.667. The first-order chi connectivity index (χ1) is 6.37. The van der Waals surface area contributed by atoms with Crippen molar-refractivity contribution in [3.05, 3.63) is 22.3 Å². The van der Waals surface area contributed by atoms with E-state index in [1.54, 1.807) is 0 Å². The normalized spacial score (nSPS) is 21.4. The first-order valence-electron chi connectivity index (χ1n) is 5.17. The van der Waals surface area contributed by atoms with Crippen LogP contribution in [-0.2, 0) is 0 Å². The van der Waals surface area contributed by atoms with Crippen molar-refractivity contribution in [2.45, 2.75) is 45.8 Å². The maximum Gasteiger partial charge on any atom is 0.0648 e. The Kier molecular flexibility index (Phi) is 3.65. The molecule has 0 aromatic rings. The Balaban J connectivity index is 3.03. The lowest BCUT2D eigenvalue weighted by Gasteiger charge is -2.23. The van der Waals surface area contributed by atoms with E-state index < -0.39 is 8.80 Å². The van der Waals surface area contributed by atoms with Gasteiger partial charge in [-0.05, 0) is 38.8 Å². The molecule has 1 aliphatic carbocycles. The van der Waals surface area contributed by atoms with E-state index in [-0.39, 0.29) is 0 Å². The van der Waals surface area contributed by atoms with Gasteiger partial charge in [-0.25, -0.2) is 0 Å². The third-order valence-electron chi connectivity index (χ3n) is 3.52. The molecule has 0 aliphatic heterocycles. The largest absolute Gasteiger partial charge is 0.126 e. The minimum absolute atomic E-state index is 0.340. The quantitative estimate of drug-likeness (QED) is 0.490. The van der Waals surface area contributed by atoms with E-state index in [2.05, 4.69) is 40.8 Å². The molecule has 0 saturated heterocycles. The van der Waals surface area contributed by atoms with Crippen LogP contribution < -0.4 is 0 Å². The minimum atomic E-state index is -0.410. The first-order valence-corrected chi connectivity index (χ1v) is 8.18. The summed E-state index contributed by atoms with van der Waals surface area (Å²) in [5, 5.41) is 0.340.